The number of rotatable bonds is 6. The van der Waals surface area contributed by atoms with Gasteiger partial charge < -0.3 is 10.00 Å². The van der Waals surface area contributed by atoms with E-state index in [1.54, 1.807) is 6.92 Å². The molecule has 2 N–H and O–H groups in total. The molecule has 0 aromatic rings. The molecule has 0 saturated carbocycles. The molecule has 0 aliphatic heterocycles. The summed E-state index contributed by atoms with van der Waals surface area (Å²) in [5, 5.41) is 8.73. The molecule has 0 saturated heterocycles. The van der Waals surface area contributed by atoms with Crippen LogP contribution in [0.3, 0.4) is 0 Å². The van der Waals surface area contributed by atoms with Crippen molar-refractivity contribution in [1.82, 2.24) is 0 Å². The van der Waals surface area contributed by atoms with E-state index in [9.17, 15) is 14.3 Å². The van der Waals surface area contributed by atoms with Crippen molar-refractivity contribution in [1.29, 1.82) is 0 Å². The van der Waals surface area contributed by atoms with E-state index in [2.05, 4.69) is 0 Å². The standard InChI is InChI=1S/C8H17O4P/c1-3-5-7(8(9)10)6-13(11,12)4-2/h7H,3-6H2,1-2H3,(H,9,10)(H,11,12). The van der Waals surface area contributed by atoms with Crippen LogP contribution in [0.2, 0.25) is 0 Å². The smallest absolute Gasteiger partial charge is 0.307 e. The van der Waals surface area contributed by atoms with E-state index in [0.717, 1.165) is 6.42 Å². The third kappa shape index (κ3) is 5.06. The molecule has 4 nitrogen and oxygen atoms in total. The molecular weight excluding hydrogens is 191 g/mol. The molecule has 0 heterocycles. The fourth-order valence-electron chi connectivity index (χ4n) is 1.11. The molecule has 0 bridgehead atoms. The van der Waals surface area contributed by atoms with Gasteiger partial charge in [0, 0.05) is 12.3 Å². The molecule has 0 amide bonds. The monoisotopic (exact) mass is 208 g/mol. The largest absolute Gasteiger partial charge is 0.481 e. The third-order valence-corrected chi connectivity index (χ3v) is 3.99. The Hall–Kier alpha value is -0.340. The second-order valence-corrected chi connectivity index (χ2v) is 5.86. The highest BCUT2D eigenvalue weighted by atomic mass is 31.2. The van der Waals surface area contributed by atoms with Crippen molar-refractivity contribution >= 4 is 13.3 Å². The summed E-state index contributed by atoms with van der Waals surface area (Å²) in [5.74, 6) is -1.63. The summed E-state index contributed by atoms with van der Waals surface area (Å²) in [4.78, 5) is 19.9. The van der Waals surface area contributed by atoms with Crippen molar-refractivity contribution < 1.29 is 19.4 Å². The summed E-state index contributed by atoms with van der Waals surface area (Å²) >= 11 is 0. The lowest BCUT2D eigenvalue weighted by molar-refractivity contribution is -0.141. The summed E-state index contributed by atoms with van der Waals surface area (Å²) in [6, 6.07) is 0. The van der Waals surface area contributed by atoms with Crippen LogP contribution in [0.1, 0.15) is 26.7 Å². The fourth-order valence-corrected chi connectivity index (χ4v) is 2.40. The molecule has 0 spiro atoms. The molecule has 2 atom stereocenters. The van der Waals surface area contributed by atoms with Gasteiger partial charge in [0.1, 0.15) is 0 Å². The summed E-state index contributed by atoms with van der Waals surface area (Å²) in [6.45, 7) is 3.47. The average molecular weight is 208 g/mol. The van der Waals surface area contributed by atoms with Gasteiger partial charge in [-0.05, 0) is 6.42 Å². The zero-order chi connectivity index (χ0) is 10.5. The normalized spacial score (nSPS) is 17.8. The van der Waals surface area contributed by atoms with E-state index in [1.165, 1.54) is 0 Å². The first-order chi connectivity index (χ1) is 5.93. The zero-order valence-corrected chi connectivity index (χ0v) is 8.96. The zero-order valence-electron chi connectivity index (χ0n) is 8.06. The highest BCUT2D eigenvalue weighted by Gasteiger charge is 2.26. The predicted octanol–water partition coefficient (Wildman–Crippen LogP) is 1.78. The Morgan fingerprint density at radius 2 is 2.00 bits per heavy atom. The lowest BCUT2D eigenvalue weighted by Crippen LogP contribution is -2.18. The Bertz CT molecular complexity index is 214. The SMILES string of the molecule is CCCC(CP(=O)(O)CC)C(=O)O. The van der Waals surface area contributed by atoms with Crippen LogP contribution in [-0.4, -0.2) is 28.3 Å². The van der Waals surface area contributed by atoms with E-state index in [4.69, 9.17) is 5.11 Å². The molecule has 2 unspecified atom stereocenters. The molecule has 78 valence electrons. The van der Waals surface area contributed by atoms with Gasteiger partial charge >= 0.3 is 5.97 Å². The maximum absolute atomic E-state index is 11.3. The van der Waals surface area contributed by atoms with E-state index < -0.39 is 19.3 Å². The van der Waals surface area contributed by atoms with E-state index in [1.807, 2.05) is 6.92 Å². The van der Waals surface area contributed by atoms with Crippen molar-refractivity contribution in [2.75, 3.05) is 12.3 Å². The van der Waals surface area contributed by atoms with E-state index >= 15 is 0 Å². The number of hydrogen-bond acceptors (Lipinski definition) is 2. The van der Waals surface area contributed by atoms with Gasteiger partial charge in [-0.2, -0.15) is 0 Å². The first kappa shape index (κ1) is 12.7. The Labute approximate surface area is 78.4 Å². The van der Waals surface area contributed by atoms with Crippen molar-refractivity contribution in [3.63, 3.8) is 0 Å². The minimum absolute atomic E-state index is 0.0906. The van der Waals surface area contributed by atoms with Crippen LogP contribution in [0.25, 0.3) is 0 Å². The molecule has 0 aromatic heterocycles. The third-order valence-electron chi connectivity index (χ3n) is 1.99. The Morgan fingerprint density at radius 1 is 1.46 bits per heavy atom. The second kappa shape index (κ2) is 5.40. The van der Waals surface area contributed by atoms with Gasteiger partial charge in [-0.15, -0.1) is 0 Å². The van der Waals surface area contributed by atoms with Crippen LogP contribution in [0.4, 0.5) is 0 Å². The van der Waals surface area contributed by atoms with Gasteiger partial charge in [-0.3, -0.25) is 9.36 Å². The van der Waals surface area contributed by atoms with E-state index in [-0.39, 0.29) is 12.3 Å². The molecule has 0 radical (unpaired) electrons. The maximum Gasteiger partial charge on any atom is 0.307 e. The summed E-state index contributed by atoms with van der Waals surface area (Å²) in [5.41, 5.74) is 0. The van der Waals surface area contributed by atoms with Crippen LogP contribution in [0.5, 0.6) is 0 Å². The van der Waals surface area contributed by atoms with Crippen molar-refractivity contribution in [3.8, 4) is 0 Å². The van der Waals surface area contributed by atoms with Crippen LogP contribution >= 0.6 is 7.37 Å². The van der Waals surface area contributed by atoms with Gasteiger partial charge in [-0.25, -0.2) is 0 Å². The van der Waals surface area contributed by atoms with Gasteiger partial charge in [0.15, 0.2) is 0 Å². The highest BCUT2D eigenvalue weighted by molar-refractivity contribution is 7.58. The quantitative estimate of drug-likeness (QED) is 0.652. The molecule has 0 aliphatic carbocycles. The number of carboxylic acid groups (broad SMARTS) is 1. The first-order valence-electron chi connectivity index (χ1n) is 4.46. The summed E-state index contributed by atoms with van der Waals surface area (Å²) in [7, 11) is -3.19. The van der Waals surface area contributed by atoms with Crippen LogP contribution in [-0.2, 0) is 9.36 Å². The molecule has 0 aromatic carbocycles. The molecule has 13 heavy (non-hydrogen) atoms. The van der Waals surface area contributed by atoms with Gasteiger partial charge in [0.05, 0.1) is 5.92 Å². The maximum atomic E-state index is 11.3. The molecule has 0 fully saturated rings. The van der Waals surface area contributed by atoms with Crippen LogP contribution in [0.15, 0.2) is 0 Å². The van der Waals surface area contributed by atoms with Crippen LogP contribution in [0, 0.1) is 5.92 Å². The summed E-state index contributed by atoms with van der Waals surface area (Å²) < 4.78 is 11.3. The number of carbonyl (C=O) groups is 1. The topological polar surface area (TPSA) is 74.6 Å². The minimum atomic E-state index is -3.19. The van der Waals surface area contributed by atoms with Gasteiger partial charge in [0.25, 0.3) is 0 Å². The fraction of sp³-hybridized carbons (Fsp3) is 0.875. The van der Waals surface area contributed by atoms with Crippen molar-refractivity contribution in [2.24, 2.45) is 5.92 Å². The van der Waals surface area contributed by atoms with Gasteiger partial charge in [-0.1, -0.05) is 20.3 Å². The number of aliphatic carboxylic acids is 1. The Balaban J connectivity index is 4.25. The Morgan fingerprint density at radius 3 is 2.31 bits per heavy atom. The van der Waals surface area contributed by atoms with E-state index in [0.29, 0.717) is 6.42 Å². The average Bonchev–Trinajstić information content (AvgIpc) is 2.03. The number of carboxylic acids is 1. The lowest BCUT2D eigenvalue weighted by Gasteiger charge is -2.14. The number of hydrogen-bond donors (Lipinski definition) is 2. The Kier molecular flexibility index (Phi) is 5.26. The van der Waals surface area contributed by atoms with Gasteiger partial charge in [0.2, 0.25) is 7.37 Å². The second-order valence-electron chi connectivity index (χ2n) is 3.17. The molecule has 0 aliphatic rings. The van der Waals surface area contributed by atoms with Crippen LogP contribution < -0.4 is 0 Å². The minimum Gasteiger partial charge on any atom is -0.481 e. The van der Waals surface area contributed by atoms with Crippen molar-refractivity contribution in [3.05, 3.63) is 0 Å². The molecular formula is C8H17O4P. The highest BCUT2D eigenvalue weighted by Crippen LogP contribution is 2.42. The van der Waals surface area contributed by atoms with Crippen molar-refractivity contribution in [2.45, 2.75) is 26.7 Å². The first-order valence-corrected chi connectivity index (χ1v) is 6.49. The molecule has 0 rings (SSSR count). The lowest BCUT2D eigenvalue weighted by atomic mass is 10.1. The molecule has 5 heteroatoms. The summed E-state index contributed by atoms with van der Waals surface area (Å²) in [6.07, 6.45) is 1.26. The predicted molar refractivity (Wildman–Crippen MR) is 51.3 cm³/mol.